The van der Waals surface area contributed by atoms with Crippen LogP contribution in [0.15, 0.2) is 41.4 Å². The molecule has 1 aromatic carbocycles. The first kappa shape index (κ1) is 24.0. The van der Waals surface area contributed by atoms with Gasteiger partial charge in [-0.2, -0.15) is 0 Å². The van der Waals surface area contributed by atoms with Crippen LogP contribution >= 0.6 is 24.0 Å². The molecule has 4 aliphatic rings. The van der Waals surface area contributed by atoms with Gasteiger partial charge in [-0.3, -0.25) is 14.5 Å². The fourth-order valence-electron chi connectivity index (χ4n) is 5.24. The van der Waals surface area contributed by atoms with Crippen molar-refractivity contribution in [1.29, 1.82) is 0 Å². The van der Waals surface area contributed by atoms with Crippen molar-refractivity contribution >= 4 is 41.8 Å². The molecule has 1 aromatic rings. The number of carbonyl (C=O) groups is 2. The number of fused-ring (bicyclic) bond motifs is 5. The van der Waals surface area contributed by atoms with Crippen molar-refractivity contribution < 1.29 is 14.3 Å². The molecule has 2 N–H and O–H groups in total. The predicted octanol–water partition coefficient (Wildman–Crippen LogP) is 2.96. The maximum absolute atomic E-state index is 12.8. The molecule has 0 aromatic heterocycles. The molecule has 2 amide bonds. The summed E-state index contributed by atoms with van der Waals surface area (Å²) in [6.45, 7) is 4.86. The molecule has 4 unspecified atom stereocenters. The second-order valence-electron chi connectivity index (χ2n) is 9.31. The topological polar surface area (TPSA) is 83.0 Å². The quantitative estimate of drug-likeness (QED) is 0.159. The highest BCUT2D eigenvalue weighted by atomic mass is 127. The van der Waals surface area contributed by atoms with Crippen molar-refractivity contribution in [2.45, 2.75) is 32.7 Å². The molecule has 3 aliphatic carbocycles. The summed E-state index contributed by atoms with van der Waals surface area (Å²) in [6, 6.07) is 8.02. The number of ether oxygens (including phenoxy) is 1. The van der Waals surface area contributed by atoms with Gasteiger partial charge in [-0.15, -0.1) is 24.0 Å². The standard InChI is InChI=1S/C25H32N4O3.HI/c1-2-26-25(28-14-19-5-3-4-6-20(19)32-15-16-7-8-16)27-11-12-29-23(30)21-17-9-10-18(13-17)22(21)24(29)31;/h3-6,9-10,16-18,21-22H,2,7-8,11-15H2,1H3,(H2,26,27,28);1H. The first-order valence-corrected chi connectivity index (χ1v) is 11.9. The summed E-state index contributed by atoms with van der Waals surface area (Å²) in [5.74, 6) is 2.50. The normalized spacial score (nSPS) is 27.5. The zero-order valence-electron chi connectivity index (χ0n) is 19.0. The van der Waals surface area contributed by atoms with Gasteiger partial charge in [0.2, 0.25) is 11.8 Å². The molecule has 8 heteroatoms. The van der Waals surface area contributed by atoms with Gasteiger partial charge in [0.1, 0.15) is 5.75 Å². The van der Waals surface area contributed by atoms with E-state index in [4.69, 9.17) is 9.73 Å². The van der Waals surface area contributed by atoms with Gasteiger partial charge in [-0.25, -0.2) is 4.99 Å². The van der Waals surface area contributed by atoms with E-state index in [9.17, 15) is 9.59 Å². The number of allylic oxidation sites excluding steroid dienone is 2. The SMILES string of the molecule is CCNC(=NCc1ccccc1OCC1CC1)NCCN1C(=O)C2C3C=CC(C3)C2C1=O.I. The van der Waals surface area contributed by atoms with Gasteiger partial charge in [0.05, 0.1) is 25.0 Å². The summed E-state index contributed by atoms with van der Waals surface area (Å²) in [6.07, 6.45) is 7.73. The molecule has 1 saturated heterocycles. The smallest absolute Gasteiger partial charge is 0.233 e. The molecule has 0 radical (unpaired) electrons. The van der Waals surface area contributed by atoms with Crippen LogP contribution in [0, 0.1) is 29.6 Å². The minimum Gasteiger partial charge on any atom is -0.493 e. The van der Waals surface area contributed by atoms with Crippen LogP contribution in [0.1, 0.15) is 31.7 Å². The molecule has 7 nitrogen and oxygen atoms in total. The van der Waals surface area contributed by atoms with Crippen molar-refractivity contribution in [2.75, 3.05) is 26.2 Å². The number of carbonyl (C=O) groups excluding carboxylic acids is 2. The second-order valence-corrected chi connectivity index (χ2v) is 9.31. The Morgan fingerprint density at radius 1 is 1.09 bits per heavy atom. The van der Waals surface area contributed by atoms with E-state index in [1.165, 1.54) is 17.7 Å². The summed E-state index contributed by atoms with van der Waals surface area (Å²) in [7, 11) is 0. The molecular weight excluding hydrogens is 531 g/mol. The lowest BCUT2D eigenvalue weighted by molar-refractivity contribution is -0.140. The average Bonchev–Trinajstić information content (AvgIpc) is 3.31. The third kappa shape index (κ3) is 5.05. The van der Waals surface area contributed by atoms with E-state index in [2.05, 4.69) is 22.8 Å². The van der Waals surface area contributed by atoms with Crippen LogP contribution in [-0.2, 0) is 16.1 Å². The Morgan fingerprint density at radius 2 is 1.79 bits per heavy atom. The number of halogens is 1. The zero-order valence-corrected chi connectivity index (χ0v) is 21.4. The fraction of sp³-hybridized carbons (Fsp3) is 0.560. The highest BCUT2D eigenvalue weighted by Crippen LogP contribution is 2.52. The van der Waals surface area contributed by atoms with E-state index in [-0.39, 0.29) is 59.5 Å². The van der Waals surface area contributed by atoms with Gasteiger partial charge in [-0.1, -0.05) is 30.4 Å². The van der Waals surface area contributed by atoms with Crippen molar-refractivity contribution in [1.82, 2.24) is 15.5 Å². The maximum Gasteiger partial charge on any atom is 0.233 e. The summed E-state index contributed by atoms with van der Waals surface area (Å²) >= 11 is 0. The first-order chi connectivity index (χ1) is 15.7. The monoisotopic (exact) mass is 564 g/mol. The Labute approximate surface area is 212 Å². The first-order valence-electron chi connectivity index (χ1n) is 11.9. The minimum absolute atomic E-state index is 0. The van der Waals surface area contributed by atoms with Crippen LogP contribution in [0.2, 0.25) is 0 Å². The number of guanidine groups is 1. The maximum atomic E-state index is 12.8. The number of hydrogen-bond donors (Lipinski definition) is 2. The number of para-hydroxylation sites is 1. The molecule has 178 valence electrons. The van der Waals surface area contributed by atoms with Crippen LogP contribution in [0.4, 0.5) is 0 Å². The van der Waals surface area contributed by atoms with E-state index in [1.807, 2.05) is 31.2 Å². The highest BCUT2D eigenvalue weighted by Gasteiger charge is 2.58. The van der Waals surface area contributed by atoms with E-state index >= 15 is 0 Å². The number of hydrogen-bond acceptors (Lipinski definition) is 4. The molecule has 5 rings (SSSR count). The third-order valence-electron chi connectivity index (χ3n) is 7.09. The Bertz CT molecular complexity index is 915. The van der Waals surface area contributed by atoms with E-state index in [0.29, 0.717) is 31.5 Å². The van der Waals surface area contributed by atoms with Crippen LogP contribution in [0.25, 0.3) is 0 Å². The van der Waals surface area contributed by atoms with Gasteiger partial charge in [0.15, 0.2) is 5.96 Å². The lowest BCUT2D eigenvalue weighted by Gasteiger charge is -2.18. The number of aliphatic imine (C=N–C) groups is 1. The van der Waals surface area contributed by atoms with Crippen molar-refractivity contribution in [2.24, 2.45) is 34.6 Å². The van der Waals surface area contributed by atoms with Crippen molar-refractivity contribution in [3.8, 4) is 5.75 Å². The number of likely N-dealkylation sites (tertiary alicyclic amines) is 1. The number of amides is 2. The third-order valence-corrected chi connectivity index (χ3v) is 7.09. The molecule has 2 saturated carbocycles. The van der Waals surface area contributed by atoms with E-state index in [0.717, 1.165) is 30.9 Å². The Balaban J connectivity index is 0.00000259. The summed E-state index contributed by atoms with van der Waals surface area (Å²) < 4.78 is 5.99. The number of rotatable bonds is 9. The summed E-state index contributed by atoms with van der Waals surface area (Å²) in [5.41, 5.74) is 1.05. The van der Waals surface area contributed by atoms with Gasteiger partial charge < -0.3 is 15.4 Å². The average molecular weight is 564 g/mol. The van der Waals surface area contributed by atoms with Gasteiger partial charge >= 0.3 is 0 Å². The van der Waals surface area contributed by atoms with Gasteiger partial charge in [0, 0.05) is 25.2 Å². The van der Waals surface area contributed by atoms with E-state index in [1.54, 1.807) is 0 Å². The zero-order chi connectivity index (χ0) is 22.1. The number of nitrogens with one attached hydrogen (secondary N) is 2. The van der Waals surface area contributed by atoms with E-state index < -0.39 is 0 Å². The van der Waals surface area contributed by atoms with Crippen molar-refractivity contribution in [3.05, 3.63) is 42.0 Å². The lowest BCUT2D eigenvalue weighted by atomic mass is 9.85. The minimum atomic E-state index is -0.133. The lowest BCUT2D eigenvalue weighted by Crippen LogP contribution is -2.43. The Hall–Kier alpha value is -2.10. The molecular formula is C25H33IN4O3. The number of imide groups is 1. The molecule has 2 bridgehead atoms. The molecule has 0 spiro atoms. The van der Waals surface area contributed by atoms with Crippen LogP contribution in [0.5, 0.6) is 5.75 Å². The second kappa shape index (κ2) is 10.4. The number of benzene rings is 1. The molecule has 33 heavy (non-hydrogen) atoms. The van der Waals surface area contributed by atoms with Gasteiger partial charge in [-0.05, 0) is 50.0 Å². The van der Waals surface area contributed by atoms with Crippen LogP contribution in [0.3, 0.4) is 0 Å². The Kier molecular flexibility index (Phi) is 7.61. The molecule has 1 aliphatic heterocycles. The Morgan fingerprint density at radius 3 is 2.45 bits per heavy atom. The van der Waals surface area contributed by atoms with Crippen LogP contribution < -0.4 is 15.4 Å². The highest BCUT2D eigenvalue weighted by molar-refractivity contribution is 14.0. The largest absolute Gasteiger partial charge is 0.493 e. The van der Waals surface area contributed by atoms with Crippen molar-refractivity contribution in [3.63, 3.8) is 0 Å². The van der Waals surface area contributed by atoms with Gasteiger partial charge in [0.25, 0.3) is 0 Å². The molecule has 4 atom stereocenters. The summed E-state index contributed by atoms with van der Waals surface area (Å²) in [5, 5.41) is 6.52. The predicted molar refractivity (Wildman–Crippen MR) is 137 cm³/mol. The molecule has 1 heterocycles. The van der Waals surface area contributed by atoms with Crippen LogP contribution in [-0.4, -0.2) is 48.9 Å². The summed E-state index contributed by atoms with van der Waals surface area (Å²) in [4.78, 5) is 31.8. The molecule has 3 fully saturated rings. The fourth-order valence-corrected chi connectivity index (χ4v) is 5.24. The number of nitrogens with zero attached hydrogens (tertiary/aromatic N) is 2.